The fraction of sp³-hybridized carbons (Fsp3) is 0.280. The van der Waals surface area contributed by atoms with E-state index in [9.17, 15) is 18.4 Å². The summed E-state index contributed by atoms with van der Waals surface area (Å²) in [5.74, 6) is -2.16. The van der Waals surface area contributed by atoms with Crippen molar-refractivity contribution in [2.75, 3.05) is 5.32 Å². The number of carbonyl (C=O) groups excluding carboxylic acids is 2. The molecule has 2 aromatic rings. The minimum absolute atomic E-state index is 0.0447. The lowest BCUT2D eigenvalue weighted by atomic mass is 9.68. The summed E-state index contributed by atoms with van der Waals surface area (Å²) in [7, 11) is 0. The molecule has 0 aromatic heterocycles. The standard InChI is InChI=1S/C25H24F2N2O2/c1-14-21(24(31)29-18-7-5-4-6-17(18)27)22(15-8-10-16(26)11-9-15)23-19(28-14)12-25(2,3)13-20(23)30/h4-11,22,28H,12-13H2,1-3H3,(H,29,31)/t22-/m0/s1. The number of ketones is 1. The molecular formula is C25H24F2N2O2. The van der Waals surface area contributed by atoms with Crippen molar-refractivity contribution in [1.29, 1.82) is 0 Å². The third-order valence-corrected chi connectivity index (χ3v) is 5.81. The average molecular weight is 422 g/mol. The van der Waals surface area contributed by atoms with Crippen LogP contribution < -0.4 is 10.6 Å². The maximum Gasteiger partial charge on any atom is 0.254 e. The molecule has 1 aliphatic heterocycles. The van der Waals surface area contributed by atoms with E-state index in [4.69, 9.17) is 0 Å². The number of benzene rings is 2. The minimum atomic E-state index is -0.660. The van der Waals surface area contributed by atoms with Crippen LogP contribution in [0, 0.1) is 17.0 Å². The fourth-order valence-electron chi connectivity index (χ4n) is 4.48. The van der Waals surface area contributed by atoms with Gasteiger partial charge in [-0.05, 0) is 48.6 Å². The molecule has 0 fully saturated rings. The zero-order chi connectivity index (χ0) is 22.3. The average Bonchev–Trinajstić information content (AvgIpc) is 2.68. The molecule has 31 heavy (non-hydrogen) atoms. The molecule has 1 amide bonds. The van der Waals surface area contributed by atoms with Crippen LogP contribution in [0.2, 0.25) is 0 Å². The lowest BCUT2D eigenvalue weighted by Crippen LogP contribution is -2.39. The van der Waals surface area contributed by atoms with Crippen LogP contribution in [0.4, 0.5) is 14.5 Å². The molecule has 2 aromatic carbocycles. The molecule has 2 aliphatic rings. The maximum atomic E-state index is 14.1. The third-order valence-electron chi connectivity index (χ3n) is 5.81. The molecule has 1 atom stereocenters. The normalized spacial score (nSPS) is 20.3. The monoisotopic (exact) mass is 422 g/mol. The Labute approximate surface area is 180 Å². The van der Waals surface area contributed by atoms with E-state index in [0.29, 0.717) is 35.2 Å². The predicted molar refractivity (Wildman–Crippen MR) is 115 cm³/mol. The van der Waals surface area contributed by atoms with Crippen LogP contribution in [-0.2, 0) is 9.59 Å². The highest BCUT2D eigenvalue weighted by atomic mass is 19.1. The van der Waals surface area contributed by atoms with Gasteiger partial charge in [-0.15, -0.1) is 0 Å². The van der Waals surface area contributed by atoms with Gasteiger partial charge in [0.25, 0.3) is 5.91 Å². The van der Waals surface area contributed by atoms with Crippen molar-refractivity contribution in [3.63, 3.8) is 0 Å². The SMILES string of the molecule is CC1=C(C(=O)Nc2ccccc2F)[C@H](c2ccc(F)cc2)C2=C(CC(C)(C)CC2=O)N1. The molecule has 0 saturated carbocycles. The van der Waals surface area contributed by atoms with E-state index >= 15 is 0 Å². The van der Waals surface area contributed by atoms with Crippen molar-refractivity contribution in [1.82, 2.24) is 5.32 Å². The summed E-state index contributed by atoms with van der Waals surface area (Å²) in [6.07, 6.45) is 1.01. The van der Waals surface area contributed by atoms with E-state index in [-0.39, 0.29) is 16.9 Å². The number of nitrogens with one attached hydrogen (secondary N) is 2. The van der Waals surface area contributed by atoms with Crippen LogP contribution in [0.1, 0.15) is 45.1 Å². The Hall–Kier alpha value is -3.28. The molecule has 0 spiro atoms. The number of Topliss-reactive ketones (excluding diaryl/α,β-unsaturated/α-hetero) is 1. The first-order chi connectivity index (χ1) is 14.7. The van der Waals surface area contributed by atoms with E-state index < -0.39 is 23.5 Å². The first-order valence-electron chi connectivity index (χ1n) is 10.2. The van der Waals surface area contributed by atoms with Crippen LogP contribution in [-0.4, -0.2) is 11.7 Å². The van der Waals surface area contributed by atoms with E-state index in [1.807, 2.05) is 13.8 Å². The fourth-order valence-corrected chi connectivity index (χ4v) is 4.48. The first-order valence-corrected chi connectivity index (χ1v) is 10.2. The molecule has 4 rings (SSSR count). The number of halogens is 2. The Bertz CT molecular complexity index is 1130. The summed E-state index contributed by atoms with van der Waals surface area (Å²) in [6.45, 7) is 5.83. The Morgan fingerprint density at radius 2 is 1.74 bits per heavy atom. The zero-order valence-corrected chi connectivity index (χ0v) is 17.7. The second kappa shape index (κ2) is 7.76. The Morgan fingerprint density at radius 1 is 1.06 bits per heavy atom. The quantitative estimate of drug-likeness (QED) is 0.714. The molecule has 0 unspecified atom stereocenters. The highest BCUT2D eigenvalue weighted by molar-refractivity contribution is 6.10. The number of hydrogen-bond donors (Lipinski definition) is 2. The predicted octanol–water partition coefficient (Wildman–Crippen LogP) is 5.21. The molecule has 2 N–H and O–H groups in total. The van der Waals surface area contributed by atoms with E-state index in [1.54, 1.807) is 31.2 Å². The largest absolute Gasteiger partial charge is 0.362 e. The second-order valence-electron chi connectivity index (χ2n) is 8.92. The van der Waals surface area contributed by atoms with Gasteiger partial charge in [0.15, 0.2) is 5.78 Å². The van der Waals surface area contributed by atoms with Crippen molar-refractivity contribution < 1.29 is 18.4 Å². The molecule has 1 heterocycles. The van der Waals surface area contributed by atoms with Gasteiger partial charge < -0.3 is 10.6 Å². The number of rotatable bonds is 3. The number of amides is 1. The van der Waals surface area contributed by atoms with Crippen molar-refractivity contribution in [3.05, 3.63) is 88.3 Å². The van der Waals surface area contributed by atoms with E-state index in [0.717, 1.165) is 5.70 Å². The molecule has 4 nitrogen and oxygen atoms in total. The smallest absolute Gasteiger partial charge is 0.254 e. The van der Waals surface area contributed by atoms with Crippen LogP contribution in [0.25, 0.3) is 0 Å². The first kappa shape index (κ1) is 21.0. The number of dihydropyridines is 1. The van der Waals surface area contributed by atoms with Gasteiger partial charge in [0, 0.05) is 34.9 Å². The Morgan fingerprint density at radius 3 is 2.42 bits per heavy atom. The van der Waals surface area contributed by atoms with E-state index in [2.05, 4.69) is 10.6 Å². The molecular weight excluding hydrogens is 398 g/mol. The van der Waals surface area contributed by atoms with Crippen molar-refractivity contribution >= 4 is 17.4 Å². The van der Waals surface area contributed by atoms with Crippen LogP contribution >= 0.6 is 0 Å². The summed E-state index contributed by atoms with van der Waals surface area (Å²) in [5, 5.41) is 5.88. The second-order valence-corrected chi connectivity index (χ2v) is 8.92. The number of hydrogen-bond acceptors (Lipinski definition) is 3. The molecule has 0 saturated heterocycles. The van der Waals surface area contributed by atoms with Crippen molar-refractivity contribution in [3.8, 4) is 0 Å². The minimum Gasteiger partial charge on any atom is -0.362 e. The van der Waals surface area contributed by atoms with Crippen molar-refractivity contribution in [2.24, 2.45) is 5.41 Å². The van der Waals surface area contributed by atoms with Gasteiger partial charge in [-0.1, -0.05) is 38.1 Å². The number of carbonyl (C=O) groups is 2. The summed E-state index contributed by atoms with van der Waals surface area (Å²) in [6, 6.07) is 11.7. The third kappa shape index (κ3) is 4.02. The van der Waals surface area contributed by atoms with Gasteiger partial charge in [-0.25, -0.2) is 8.78 Å². The summed E-state index contributed by atoms with van der Waals surface area (Å²) in [4.78, 5) is 26.5. The van der Waals surface area contributed by atoms with Crippen LogP contribution in [0.5, 0.6) is 0 Å². The van der Waals surface area contributed by atoms with Crippen LogP contribution in [0.15, 0.2) is 71.1 Å². The van der Waals surface area contributed by atoms with Crippen LogP contribution in [0.3, 0.4) is 0 Å². The highest BCUT2D eigenvalue weighted by Crippen LogP contribution is 2.46. The summed E-state index contributed by atoms with van der Waals surface area (Å²) < 4.78 is 27.7. The molecule has 1 aliphatic carbocycles. The molecule has 0 radical (unpaired) electrons. The van der Waals surface area contributed by atoms with Gasteiger partial charge in [0.05, 0.1) is 5.69 Å². The number of allylic oxidation sites excluding steroid dienone is 3. The van der Waals surface area contributed by atoms with Gasteiger partial charge in [-0.2, -0.15) is 0 Å². The number of para-hydroxylation sites is 1. The van der Waals surface area contributed by atoms with E-state index in [1.165, 1.54) is 24.3 Å². The maximum absolute atomic E-state index is 14.1. The Kier molecular flexibility index (Phi) is 5.25. The summed E-state index contributed by atoms with van der Waals surface area (Å²) >= 11 is 0. The zero-order valence-electron chi connectivity index (χ0n) is 17.7. The molecule has 160 valence electrons. The van der Waals surface area contributed by atoms with Gasteiger partial charge in [0.2, 0.25) is 0 Å². The lowest BCUT2D eigenvalue weighted by molar-refractivity contribution is -0.118. The lowest BCUT2D eigenvalue weighted by Gasteiger charge is -2.39. The van der Waals surface area contributed by atoms with Gasteiger partial charge >= 0.3 is 0 Å². The van der Waals surface area contributed by atoms with Gasteiger partial charge in [0.1, 0.15) is 11.6 Å². The van der Waals surface area contributed by atoms with Crippen molar-refractivity contribution in [2.45, 2.75) is 39.5 Å². The number of anilines is 1. The highest BCUT2D eigenvalue weighted by Gasteiger charge is 2.42. The molecule has 0 bridgehead atoms. The molecule has 6 heteroatoms. The topological polar surface area (TPSA) is 58.2 Å². The van der Waals surface area contributed by atoms with Gasteiger partial charge in [-0.3, -0.25) is 9.59 Å². The summed E-state index contributed by atoms with van der Waals surface area (Å²) in [5.41, 5.74) is 2.71. The Balaban J connectivity index is 1.81.